The average Bonchev–Trinajstić information content (AvgIpc) is 3.86. The van der Waals surface area contributed by atoms with Gasteiger partial charge in [0.2, 0.25) is 6.23 Å². The number of hydrogen-bond acceptors (Lipinski definition) is 14. The van der Waals surface area contributed by atoms with Crippen molar-refractivity contribution in [2.24, 2.45) is 5.92 Å². The number of phosphoric ester groups is 2. The molecule has 7 unspecified atom stereocenters. The summed E-state index contributed by atoms with van der Waals surface area (Å²) in [4.78, 5) is 53.9. The lowest BCUT2D eigenvalue weighted by Crippen LogP contribution is -2.54. The monoisotopic (exact) mass is 824 g/mol. The number of fused-ring (bicyclic) bond motifs is 3. The first-order chi connectivity index (χ1) is 25.0. The Balaban J connectivity index is 1.06. The van der Waals surface area contributed by atoms with Crippen LogP contribution >= 0.6 is 31.3 Å². The van der Waals surface area contributed by atoms with Crippen LogP contribution in [0.25, 0.3) is 16.5 Å². The Morgan fingerprint density at radius 3 is 2.17 bits per heavy atom. The highest BCUT2D eigenvalue weighted by atomic mass is 31.3. The van der Waals surface area contributed by atoms with Crippen molar-refractivity contribution in [1.29, 1.82) is 0 Å². The van der Waals surface area contributed by atoms with Gasteiger partial charge in [0.25, 0.3) is 0 Å². The van der Waals surface area contributed by atoms with Gasteiger partial charge in [-0.3, -0.25) is 19.3 Å². The zero-order valence-electron chi connectivity index (χ0n) is 27.7. The van der Waals surface area contributed by atoms with E-state index in [9.17, 15) is 42.6 Å². The summed E-state index contributed by atoms with van der Waals surface area (Å²) in [5, 5.41) is 4.84. The Labute approximate surface area is 302 Å². The van der Waals surface area contributed by atoms with Crippen LogP contribution in [0.15, 0.2) is 60.3 Å². The topological polar surface area (TPSA) is 265 Å². The molecule has 5 N–H and O–H groups in total. The van der Waals surface area contributed by atoms with E-state index in [1.54, 1.807) is 12.3 Å². The van der Waals surface area contributed by atoms with E-state index in [2.05, 4.69) is 22.8 Å². The molecule has 0 radical (unpaired) electrons. The number of rotatable bonds is 14. The van der Waals surface area contributed by atoms with Crippen LogP contribution in [0.4, 0.5) is 4.79 Å². The van der Waals surface area contributed by atoms with E-state index in [0.717, 1.165) is 42.0 Å². The second kappa shape index (κ2) is 15.0. The largest absolute Gasteiger partial charge is 0.490 e. The molecular weight excluding hydrogens is 788 g/mol. The van der Waals surface area contributed by atoms with Crippen molar-refractivity contribution < 1.29 is 83.6 Å². The maximum Gasteiger partial charge on any atom is 0.490 e. The van der Waals surface area contributed by atoms with Gasteiger partial charge in [-0.25, -0.2) is 23.1 Å². The third-order valence-corrected chi connectivity index (χ3v) is 14.9. The molecule has 3 fully saturated rings. The molecule has 0 aromatic heterocycles. The Hall–Kier alpha value is -2.31. The van der Waals surface area contributed by atoms with Crippen molar-refractivity contribution in [1.82, 2.24) is 10.2 Å². The van der Waals surface area contributed by atoms with Crippen LogP contribution in [0.5, 0.6) is 0 Å². The molecule has 0 bridgehead atoms. The second-order valence-corrected chi connectivity index (χ2v) is 18.8. The lowest BCUT2D eigenvalue weighted by molar-refractivity contribution is -0.171. The maximum absolute atomic E-state index is 13.5. The van der Waals surface area contributed by atoms with Crippen molar-refractivity contribution in [3.05, 3.63) is 65.9 Å². The second-order valence-electron chi connectivity index (χ2n) is 12.6. The SMILES string of the molecule is CCOP(=O)(O)OP(=O)(O)OP(=O)(O)OP(=O)(O)OC[C@H]1O[C@@H](N2C=C3C=C(c4ccc5ccccc5c4)OC3NC2=O)C2OC(C3CCCC3)O[C@H]21. The standard InChI is InChI=1S/C29H36N2O18P4/c1-2-41-50(33,34)47-52(37,38)49-53(39,40)48-51(35,36)42-16-23-24-25(46-28(45-24)18-8-4-5-9-18)27(44-23)31-15-21-14-22(43-26(21)30-29(31)32)20-12-11-17-7-3-6-10-19(17)13-20/h3,6-7,10-15,18,23-28H,2,4-5,8-9,16H2,1H3,(H,30,32)(H,33,34)(H,35,36)(H,37,38)(H,39,40)/t23-,24+,25?,26?,27-,28?/m1/s1. The summed E-state index contributed by atoms with van der Waals surface area (Å²) >= 11 is 0. The van der Waals surface area contributed by atoms with Gasteiger partial charge in [-0.15, -0.1) is 0 Å². The summed E-state index contributed by atoms with van der Waals surface area (Å²) < 4.78 is 94.4. The fraction of sp³-hybridized carbons (Fsp3) is 0.483. The normalized spacial score (nSPS) is 31.7. The minimum atomic E-state index is -5.99. The third-order valence-electron chi connectivity index (χ3n) is 8.90. The van der Waals surface area contributed by atoms with E-state index < -0.39 is 87.6 Å². The maximum atomic E-state index is 13.5. The van der Waals surface area contributed by atoms with Crippen LogP contribution in [-0.4, -0.2) is 80.8 Å². The van der Waals surface area contributed by atoms with E-state index in [1.165, 1.54) is 11.8 Å². The first-order valence-electron chi connectivity index (χ1n) is 16.4. The zero-order valence-corrected chi connectivity index (χ0v) is 31.3. The highest BCUT2D eigenvalue weighted by Crippen LogP contribution is 2.71. The quantitative estimate of drug-likeness (QED) is 0.157. The van der Waals surface area contributed by atoms with Crippen LogP contribution < -0.4 is 5.32 Å². The minimum Gasteiger partial charge on any atom is -0.466 e. The molecule has 290 valence electrons. The van der Waals surface area contributed by atoms with Crippen molar-refractivity contribution in [3.63, 3.8) is 0 Å². The minimum absolute atomic E-state index is 0.0365. The Kier molecular flexibility index (Phi) is 11.0. The molecule has 53 heavy (non-hydrogen) atoms. The molecule has 1 saturated carbocycles. The average molecular weight is 824 g/mol. The van der Waals surface area contributed by atoms with Gasteiger partial charge in [0.05, 0.1) is 13.2 Å². The zero-order chi connectivity index (χ0) is 37.8. The molecule has 2 saturated heterocycles. The van der Waals surface area contributed by atoms with Crippen molar-refractivity contribution in [3.8, 4) is 0 Å². The summed E-state index contributed by atoms with van der Waals surface area (Å²) in [6.07, 6.45) is 1.19. The smallest absolute Gasteiger partial charge is 0.466 e. The molecule has 4 aliphatic heterocycles. The summed E-state index contributed by atoms with van der Waals surface area (Å²) in [5.41, 5.74) is 1.39. The summed E-state index contributed by atoms with van der Waals surface area (Å²) in [7, 11) is -22.7. The number of nitrogens with one attached hydrogen (secondary N) is 1. The molecule has 5 aliphatic rings. The van der Waals surface area contributed by atoms with Gasteiger partial charge in [0.1, 0.15) is 24.1 Å². The van der Waals surface area contributed by atoms with Gasteiger partial charge in [-0.05, 0) is 42.7 Å². The number of carbonyl (C=O) groups excluding carboxylic acids is 1. The molecule has 2 aromatic rings. The molecule has 1 aliphatic carbocycles. The van der Waals surface area contributed by atoms with E-state index in [-0.39, 0.29) is 5.92 Å². The highest BCUT2D eigenvalue weighted by molar-refractivity contribution is 7.69. The first kappa shape index (κ1) is 38.9. The lowest BCUT2D eigenvalue weighted by atomic mass is 10.1. The number of carbonyl (C=O) groups is 1. The molecule has 0 spiro atoms. The van der Waals surface area contributed by atoms with Gasteiger partial charge in [0.15, 0.2) is 12.5 Å². The Bertz CT molecular complexity index is 2010. The Morgan fingerprint density at radius 1 is 0.830 bits per heavy atom. The number of benzene rings is 2. The van der Waals surface area contributed by atoms with Gasteiger partial charge in [0, 0.05) is 23.3 Å². The van der Waals surface area contributed by atoms with Crippen LogP contribution in [0.1, 0.15) is 38.2 Å². The third kappa shape index (κ3) is 8.90. The van der Waals surface area contributed by atoms with E-state index in [1.807, 2.05) is 42.5 Å². The van der Waals surface area contributed by atoms with Crippen LogP contribution in [0.3, 0.4) is 0 Å². The number of urea groups is 1. The highest BCUT2D eigenvalue weighted by Gasteiger charge is 2.58. The Morgan fingerprint density at radius 2 is 1.47 bits per heavy atom. The van der Waals surface area contributed by atoms with Crippen molar-refractivity contribution in [2.75, 3.05) is 13.2 Å². The predicted molar refractivity (Wildman–Crippen MR) is 180 cm³/mol. The number of ether oxygens (including phenoxy) is 4. The van der Waals surface area contributed by atoms with Gasteiger partial charge in [-0.2, -0.15) is 12.9 Å². The lowest BCUT2D eigenvalue weighted by Gasteiger charge is -2.34. The molecular formula is C29H36N2O18P4. The fourth-order valence-electron chi connectivity index (χ4n) is 6.73. The van der Waals surface area contributed by atoms with Gasteiger partial charge >= 0.3 is 37.3 Å². The number of hydrogen-bond donors (Lipinski definition) is 5. The number of nitrogens with zero attached hydrogens (tertiary/aromatic N) is 1. The van der Waals surface area contributed by atoms with E-state index in [0.29, 0.717) is 11.3 Å². The molecule has 20 nitrogen and oxygen atoms in total. The van der Waals surface area contributed by atoms with Gasteiger partial charge < -0.3 is 38.5 Å². The predicted octanol–water partition coefficient (Wildman–Crippen LogP) is 4.98. The molecule has 4 heterocycles. The van der Waals surface area contributed by atoms with E-state index in [4.69, 9.17) is 23.5 Å². The number of phosphoric acid groups is 4. The molecule has 10 atom stereocenters. The van der Waals surface area contributed by atoms with Gasteiger partial charge in [-0.1, -0.05) is 49.2 Å². The fourth-order valence-corrected chi connectivity index (χ4v) is 11.7. The van der Waals surface area contributed by atoms with Crippen LogP contribution in [0, 0.1) is 5.92 Å². The number of amides is 2. The molecule has 7 rings (SSSR count). The molecule has 2 amide bonds. The summed E-state index contributed by atoms with van der Waals surface area (Å²) in [5.74, 6) is 0.564. The van der Waals surface area contributed by atoms with Crippen LogP contribution in [-0.2, 0) is 59.2 Å². The van der Waals surface area contributed by atoms with Crippen molar-refractivity contribution >= 4 is 53.9 Å². The van der Waals surface area contributed by atoms with Crippen LogP contribution in [0.2, 0.25) is 0 Å². The first-order valence-corrected chi connectivity index (χ1v) is 22.4. The van der Waals surface area contributed by atoms with E-state index >= 15 is 0 Å². The summed E-state index contributed by atoms with van der Waals surface area (Å²) in [6, 6.07) is 13.1. The molecule has 24 heteroatoms. The van der Waals surface area contributed by atoms with Crippen molar-refractivity contribution in [2.45, 2.75) is 69.7 Å². The molecule has 2 aromatic carbocycles. The summed E-state index contributed by atoms with van der Waals surface area (Å²) in [6.45, 7) is -0.0510.